The first kappa shape index (κ1) is 15.0. The summed E-state index contributed by atoms with van der Waals surface area (Å²) in [6.45, 7) is 1.54. The van der Waals surface area contributed by atoms with Crippen molar-refractivity contribution in [1.29, 1.82) is 0 Å². The van der Waals surface area contributed by atoms with Crippen LogP contribution in [0.4, 0.5) is 6.01 Å². The molecule has 1 heterocycles. The third kappa shape index (κ3) is 4.05. The molecule has 0 amide bonds. The van der Waals surface area contributed by atoms with Crippen molar-refractivity contribution < 1.29 is 18.0 Å². The van der Waals surface area contributed by atoms with Gasteiger partial charge in [0.2, 0.25) is 0 Å². The Kier molecular flexibility index (Phi) is 4.57. The van der Waals surface area contributed by atoms with Crippen molar-refractivity contribution in [1.82, 2.24) is 10.1 Å². The van der Waals surface area contributed by atoms with E-state index in [4.69, 9.17) is 9.63 Å². The van der Waals surface area contributed by atoms with Crippen LogP contribution < -0.4 is 4.72 Å². The van der Waals surface area contributed by atoms with Gasteiger partial charge in [-0.25, -0.2) is 13.1 Å². The van der Waals surface area contributed by atoms with Crippen LogP contribution in [0.1, 0.15) is 17.8 Å². The summed E-state index contributed by atoms with van der Waals surface area (Å²) in [4.78, 5) is 3.82. The Morgan fingerprint density at radius 1 is 1.43 bits per heavy atom. The van der Waals surface area contributed by atoms with Crippen LogP contribution in [0.3, 0.4) is 0 Å². The summed E-state index contributed by atoms with van der Waals surface area (Å²) in [6.07, 6.45) is 0.330. The Hall–Kier alpha value is -2.37. The highest BCUT2D eigenvalue weighted by Crippen LogP contribution is 2.15. The minimum atomic E-state index is -3.82. The number of aliphatic hydroxyl groups excluding tert-OH is 1. The Labute approximate surface area is 122 Å². The molecule has 0 bridgehead atoms. The quantitative estimate of drug-likeness (QED) is 0.813. The van der Waals surface area contributed by atoms with Crippen molar-refractivity contribution in [3.8, 4) is 11.8 Å². The largest absolute Gasteiger partial charge is 0.395 e. The number of rotatable bonds is 4. The molecule has 2 aromatic rings. The van der Waals surface area contributed by atoms with Crippen LogP contribution in [-0.4, -0.2) is 30.3 Å². The van der Waals surface area contributed by atoms with Crippen molar-refractivity contribution >= 4 is 16.0 Å². The Morgan fingerprint density at radius 2 is 2.24 bits per heavy atom. The van der Waals surface area contributed by atoms with E-state index < -0.39 is 10.0 Å². The second-order valence-corrected chi connectivity index (χ2v) is 5.74. The fraction of sp³-hybridized carbons (Fsp3) is 0.231. The monoisotopic (exact) mass is 307 g/mol. The van der Waals surface area contributed by atoms with Crippen molar-refractivity contribution in [3.05, 3.63) is 35.7 Å². The molecule has 1 aromatic carbocycles. The molecule has 0 fully saturated rings. The summed E-state index contributed by atoms with van der Waals surface area (Å²) >= 11 is 0. The lowest BCUT2D eigenvalue weighted by molar-refractivity contribution is 0.305. The molecule has 0 saturated heterocycles. The molecular weight excluding hydrogens is 294 g/mol. The second-order valence-electron chi connectivity index (χ2n) is 4.06. The number of aliphatic hydroxyl groups is 1. The average Bonchev–Trinajstić information content (AvgIpc) is 2.84. The van der Waals surface area contributed by atoms with Gasteiger partial charge in [-0.1, -0.05) is 23.1 Å². The Bertz CT molecular complexity index is 787. The molecule has 110 valence electrons. The van der Waals surface area contributed by atoms with E-state index in [0.29, 0.717) is 17.8 Å². The first-order valence-electron chi connectivity index (χ1n) is 6.04. The molecule has 0 saturated carbocycles. The lowest BCUT2D eigenvalue weighted by atomic mass is 10.2. The molecule has 8 heteroatoms. The van der Waals surface area contributed by atoms with Crippen LogP contribution in [0.5, 0.6) is 0 Å². The first-order chi connectivity index (χ1) is 10.0. The van der Waals surface area contributed by atoms with E-state index in [2.05, 4.69) is 26.7 Å². The van der Waals surface area contributed by atoms with Crippen molar-refractivity contribution in [3.63, 3.8) is 0 Å². The van der Waals surface area contributed by atoms with Gasteiger partial charge in [-0.3, -0.25) is 0 Å². The number of nitrogens with zero attached hydrogens (tertiary/aromatic N) is 2. The van der Waals surface area contributed by atoms with Crippen LogP contribution in [0.2, 0.25) is 0 Å². The summed E-state index contributed by atoms with van der Waals surface area (Å²) < 4.78 is 31.2. The highest BCUT2D eigenvalue weighted by molar-refractivity contribution is 7.92. The number of aryl methyl sites for hydroxylation is 1. The molecule has 2 N–H and O–H groups in total. The summed E-state index contributed by atoms with van der Waals surface area (Å²) in [6, 6.07) is 5.93. The molecule has 0 aliphatic rings. The van der Waals surface area contributed by atoms with Gasteiger partial charge in [0.1, 0.15) is 0 Å². The number of aromatic nitrogens is 2. The van der Waals surface area contributed by atoms with E-state index in [1.807, 2.05) is 0 Å². The zero-order valence-electron chi connectivity index (χ0n) is 11.2. The van der Waals surface area contributed by atoms with E-state index in [-0.39, 0.29) is 17.5 Å². The van der Waals surface area contributed by atoms with Crippen molar-refractivity contribution in [2.24, 2.45) is 0 Å². The molecule has 0 radical (unpaired) electrons. The van der Waals surface area contributed by atoms with E-state index in [0.717, 1.165) is 0 Å². The number of hydrogen-bond donors (Lipinski definition) is 2. The Morgan fingerprint density at radius 3 is 2.90 bits per heavy atom. The predicted octanol–water partition coefficient (Wildman–Crippen LogP) is 0.913. The van der Waals surface area contributed by atoms with E-state index in [1.54, 1.807) is 19.1 Å². The van der Waals surface area contributed by atoms with E-state index in [9.17, 15) is 8.42 Å². The maximum Gasteiger partial charge on any atom is 0.335 e. The highest BCUT2D eigenvalue weighted by Gasteiger charge is 2.17. The maximum atomic E-state index is 12.2. The van der Waals surface area contributed by atoms with Gasteiger partial charge in [-0.2, -0.15) is 4.98 Å². The van der Waals surface area contributed by atoms with Gasteiger partial charge < -0.3 is 9.63 Å². The topological polar surface area (TPSA) is 105 Å². The van der Waals surface area contributed by atoms with E-state index in [1.165, 1.54) is 12.1 Å². The molecule has 21 heavy (non-hydrogen) atoms. The molecular formula is C13H13N3O4S. The lowest BCUT2D eigenvalue weighted by Gasteiger charge is -2.04. The minimum Gasteiger partial charge on any atom is -0.395 e. The highest BCUT2D eigenvalue weighted by atomic mass is 32.2. The zero-order valence-corrected chi connectivity index (χ0v) is 12.0. The van der Waals surface area contributed by atoms with Crippen LogP contribution in [0.25, 0.3) is 0 Å². The van der Waals surface area contributed by atoms with Crippen LogP contribution in [0.15, 0.2) is 33.7 Å². The van der Waals surface area contributed by atoms with Gasteiger partial charge in [0.05, 0.1) is 11.5 Å². The Balaban J connectivity index is 2.24. The average molecular weight is 307 g/mol. The van der Waals surface area contributed by atoms with Gasteiger partial charge in [0.25, 0.3) is 10.0 Å². The summed E-state index contributed by atoms with van der Waals surface area (Å²) in [5.74, 6) is 5.83. The number of nitrogens with one attached hydrogen (secondary N) is 1. The van der Waals surface area contributed by atoms with Gasteiger partial charge in [-0.15, -0.1) is 0 Å². The van der Waals surface area contributed by atoms with Gasteiger partial charge >= 0.3 is 6.01 Å². The van der Waals surface area contributed by atoms with Crippen molar-refractivity contribution in [2.75, 3.05) is 11.3 Å². The second kappa shape index (κ2) is 6.39. The molecule has 7 nitrogen and oxygen atoms in total. The molecule has 1 aromatic heterocycles. The third-order valence-corrected chi connectivity index (χ3v) is 3.68. The summed E-state index contributed by atoms with van der Waals surface area (Å²) in [5, 5.41) is 12.2. The van der Waals surface area contributed by atoms with Gasteiger partial charge in [0.15, 0.2) is 5.82 Å². The van der Waals surface area contributed by atoms with Crippen LogP contribution in [-0.2, 0) is 10.0 Å². The maximum absolute atomic E-state index is 12.2. The molecule has 0 aliphatic heterocycles. The normalized spacial score (nSPS) is 10.8. The van der Waals surface area contributed by atoms with Crippen LogP contribution >= 0.6 is 0 Å². The summed E-state index contributed by atoms with van der Waals surface area (Å²) in [5.41, 5.74) is 0.535. The molecule has 0 aliphatic carbocycles. The number of anilines is 1. The third-order valence-electron chi connectivity index (χ3n) is 2.36. The smallest absolute Gasteiger partial charge is 0.335 e. The molecule has 0 spiro atoms. The minimum absolute atomic E-state index is 0.0363. The van der Waals surface area contributed by atoms with E-state index >= 15 is 0 Å². The molecule has 2 rings (SSSR count). The first-order valence-corrected chi connectivity index (χ1v) is 7.52. The lowest BCUT2D eigenvalue weighted by Crippen LogP contribution is -2.13. The molecule has 0 unspecified atom stereocenters. The number of sulfonamides is 1. The predicted molar refractivity (Wildman–Crippen MR) is 74.9 cm³/mol. The number of benzene rings is 1. The fourth-order valence-electron chi connectivity index (χ4n) is 1.47. The van der Waals surface area contributed by atoms with Gasteiger partial charge in [0, 0.05) is 12.0 Å². The fourth-order valence-corrected chi connectivity index (χ4v) is 2.44. The summed E-state index contributed by atoms with van der Waals surface area (Å²) in [7, 11) is -3.82. The molecule has 0 atom stereocenters. The van der Waals surface area contributed by atoms with Crippen molar-refractivity contribution in [2.45, 2.75) is 18.2 Å². The SMILES string of the molecule is Cc1noc(NS(=O)(=O)c2cccc(C#CCCO)c2)n1. The standard InChI is InChI=1S/C13H13N3O4S/c1-10-14-13(20-15-10)16-21(18,19)12-7-4-6-11(9-12)5-2-3-8-17/h4,6-7,9,17H,3,8H2,1H3,(H,14,15,16). The van der Waals surface area contributed by atoms with Gasteiger partial charge in [-0.05, 0) is 25.1 Å². The number of hydrogen-bond acceptors (Lipinski definition) is 6. The zero-order chi connectivity index (χ0) is 15.3. The van der Waals surface area contributed by atoms with Crippen LogP contribution in [0, 0.1) is 18.8 Å².